The molecule has 6 heteroatoms. The van der Waals surface area contributed by atoms with E-state index < -0.39 is 15.3 Å². The van der Waals surface area contributed by atoms with Gasteiger partial charge >= 0.3 is 0 Å². The van der Waals surface area contributed by atoms with Crippen molar-refractivity contribution in [1.82, 2.24) is 0 Å². The van der Waals surface area contributed by atoms with Crippen molar-refractivity contribution in [2.45, 2.75) is 11.7 Å². The van der Waals surface area contributed by atoms with Crippen molar-refractivity contribution in [3.63, 3.8) is 0 Å². The standard InChI is InChI=1S/C12H16N2O3S/c1-13-9-12-7-8-14(18(12,15)16)10-3-5-11(17-2)6-4-10/h3-6,12H,1,7-9H2,2H3. The van der Waals surface area contributed by atoms with Crippen LogP contribution in [0.5, 0.6) is 5.75 Å². The molecular weight excluding hydrogens is 252 g/mol. The number of hydrogen-bond acceptors (Lipinski definition) is 4. The highest BCUT2D eigenvalue weighted by atomic mass is 32.2. The summed E-state index contributed by atoms with van der Waals surface area (Å²) in [6.45, 7) is 4.11. The van der Waals surface area contributed by atoms with Gasteiger partial charge in [0.15, 0.2) is 0 Å². The van der Waals surface area contributed by atoms with Gasteiger partial charge in [-0.05, 0) is 37.4 Å². The highest BCUT2D eigenvalue weighted by Gasteiger charge is 2.38. The van der Waals surface area contributed by atoms with Gasteiger partial charge in [0, 0.05) is 6.54 Å². The van der Waals surface area contributed by atoms with Crippen LogP contribution < -0.4 is 9.04 Å². The zero-order valence-electron chi connectivity index (χ0n) is 10.2. The molecule has 1 heterocycles. The van der Waals surface area contributed by atoms with Crippen LogP contribution in [0.4, 0.5) is 5.69 Å². The molecule has 1 saturated heterocycles. The quantitative estimate of drug-likeness (QED) is 0.773. The van der Waals surface area contributed by atoms with Crippen molar-refractivity contribution in [1.29, 1.82) is 0 Å². The summed E-state index contributed by atoms with van der Waals surface area (Å²) in [5, 5.41) is -0.447. The topological polar surface area (TPSA) is 59.0 Å². The van der Waals surface area contributed by atoms with E-state index in [1.807, 2.05) is 0 Å². The smallest absolute Gasteiger partial charge is 0.239 e. The monoisotopic (exact) mass is 268 g/mol. The first-order valence-corrected chi connectivity index (χ1v) is 7.18. The number of ether oxygens (including phenoxy) is 1. The third kappa shape index (κ3) is 2.20. The van der Waals surface area contributed by atoms with Crippen LogP contribution in [0.15, 0.2) is 29.3 Å². The van der Waals surface area contributed by atoms with E-state index in [1.165, 1.54) is 4.31 Å². The van der Waals surface area contributed by atoms with E-state index in [9.17, 15) is 8.42 Å². The van der Waals surface area contributed by atoms with Gasteiger partial charge in [-0.2, -0.15) is 0 Å². The molecule has 0 aliphatic carbocycles. The molecule has 1 aromatic carbocycles. The number of sulfonamides is 1. The van der Waals surface area contributed by atoms with E-state index in [0.717, 1.165) is 0 Å². The number of benzene rings is 1. The zero-order chi connectivity index (χ0) is 13.2. The van der Waals surface area contributed by atoms with Gasteiger partial charge in [0.2, 0.25) is 10.0 Å². The molecule has 0 aromatic heterocycles. The maximum atomic E-state index is 12.2. The highest BCUT2D eigenvalue weighted by molar-refractivity contribution is 7.93. The lowest BCUT2D eigenvalue weighted by Crippen LogP contribution is -2.30. The first-order chi connectivity index (χ1) is 8.59. The van der Waals surface area contributed by atoms with Gasteiger partial charge in [0.25, 0.3) is 0 Å². The Hall–Kier alpha value is -1.56. The second kappa shape index (κ2) is 4.97. The normalized spacial score (nSPS) is 21.8. The second-order valence-corrected chi connectivity index (χ2v) is 6.27. The SMILES string of the molecule is C=NCC1CCN(c2ccc(OC)cc2)S1(=O)=O. The predicted octanol–water partition coefficient (Wildman–Crippen LogP) is 1.30. The number of anilines is 1. The summed E-state index contributed by atoms with van der Waals surface area (Å²) >= 11 is 0. The summed E-state index contributed by atoms with van der Waals surface area (Å²) in [5.41, 5.74) is 0.669. The Morgan fingerprint density at radius 1 is 1.44 bits per heavy atom. The molecule has 0 bridgehead atoms. The van der Waals surface area contributed by atoms with Crippen molar-refractivity contribution >= 4 is 22.4 Å². The van der Waals surface area contributed by atoms with E-state index in [4.69, 9.17) is 4.74 Å². The van der Waals surface area contributed by atoms with Gasteiger partial charge in [0.1, 0.15) is 11.0 Å². The van der Waals surface area contributed by atoms with Crippen molar-refractivity contribution in [3.8, 4) is 5.75 Å². The van der Waals surface area contributed by atoms with E-state index in [0.29, 0.717) is 24.4 Å². The molecular formula is C12H16N2O3S. The van der Waals surface area contributed by atoms with E-state index >= 15 is 0 Å². The molecule has 1 aliphatic heterocycles. The van der Waals surface area contributed by atoms with Crippen molar-refractivity contribution in [2.24, 2.45) is 4.99 Å². The number of rotatable bonds is 4. The van der Waals surface area contributed by atoms with Gasteiger partial charge in [-0.25, -0.2) is 8.42 Å². The molecule has 1 atom stereocenters. The van der Waals surface area contributed by atoms with Gasteiger partial charge in [0.05, 0.1) is 19.3 Å². The summed E-state index contributed by atoms with van der Waals surface area (Å²) < 4.78 is 31.0. The molecule has 18 heavy (non-hydrogen) atoms. The van der Waals surface area contributed by atoms with Crippen LogP contribution in [0, 0.1) is 0 Å². The summed E-state index contributed by atoms with van der Waals surface area (Å²) in [5.74, 6) is 0.708. The fraction of sp³-hybridized carbons (Fsp3) is 0.417. The molecule has 0 saturated carbocycles. The molecule has 0 amide bonds. The van der Waals surface area contributed by atoms with Crippen LogP contribution in [0.3, 0.4) is 0 Å². The molecule has 2 rings (SSSR count). The van der Waals surface area contributed by atoms with Crippen molar-refractivity contribution in [3.05, 3.63) is 24.3 Å². The molecule has 0 N–H and O–H groups in total. The van der Waals surface area contributed by atoms with Crippen LogP contribution in [0.25, 0.3) is 0 Å². The van der Waals surface area contributed by atoms with Crippen LogP contribution in [0.1, 0.15) is 6.42 Å². The Morgan fingerprint density at radius 3 is 2.67 bits per heavy atom. The molecule has 98 valence electrons. The lowest BCUT2D eigenvalue weighted by molar-refractivity contribution is 0.415. The summed E-state index contributed by atoms with van der Waals surface area (Å²) in [7, 11) is -1.73. The zero-order valence-corrected chi connectivity index (χ0v) is 11.1. The largest absolute Gasteiger partial charge is 0.497 e. The van der Waals surface area contributed by atoms with Crippen LogP contribution in [-0.4, -0.2) is 40.6 Å². The van der Waals surface area contributed by atoms with Gasteiger partial charge in [-0.15, -0.1) is 0 Å². The number of hydrogen-bond donors (Lipinski definition) is 0. The lowest BCUT2D eigenvalue weighted by atomic mass is 10.2. The molecule has 5 nitrogen and oxygen atoms in total. The van der Waals surface area contributed by atoms with Crippen LogP contribution in [0.2, 0.25) is 0 Å². The molecule has 1 unspecified atom stereocenters. The maximum Gasteiger partial charge on any atom is 0.239 e. The summed E-state index contributed by atoms with van der Waals surface area (Å²) in [4.78, 5) is 3.69. The van der Waals surface area contributed by atoms with Gasteiger partial charge < -0.3 is 4.74 Å². The van der Waals surface area contributed by atoms with E-state index in [1.54, 1.807) is 31.4 Å². The Bertz CT molecular complexity index is 525. The average Bonchev–Trinajstić information content (AvgIpc) is 2.66. The van der Waals surface area contributed by atoms with Gasteiger partial charge in [-0.3, -0.25) is 9.30 Å². The average molecular weight is 268 g/mol. The lowest BCUT2D eigenvalue weighted by Gasteiger charge is -2.18. The summed E-state index contributed by atoms with van der Waals surface area (Å²) in [6, 6.07) is 7.01. The Labute approximate surface area is 107 Å². The van der Waals surface area contributed by atoms with Crippen LogP contribution >= 0.6 is 0 Å². The van der Waals surface area contributed by atoms with Crippen LogP contribution in [-0.2, 0) is 10.0 Å². The number of nitrogens with zero attached hydrogens (tertiary/aromatic N) is 2. The fourth-order valence-corrected chi connectivity index (χ4v) is 3.90. The molecule has 1 fully saturated rings. The fourth-order valence-electron chi connectivity index (χ4n) is 2.07. The maximum absolute atomic E-state index is 12.2. The Balaban J connectivity index is 2.26. The Kier molecular flexibility index (Phi) is 3.56. The van der Waals surface area contributed by atoms with E-state index in [2.05, 4.69) is 11.7 Å². The first kappa shape index (κ1) is 12.9. The minimum Gasteiger partial charge on any atom is -0.497 e. The van der Waals surface area contributed by atoms with Gasteiger partial charge in [-0.1, -0.05) is 0 Å². The number of methoxy groups -OCH3 is 1. The predicted molar refractivity (Wildman–Crippen MR) is 72.1 cm³/mol. The number of aliphatic imine (C=N–C) groups is 1. The van der Waals surface area contributed by atoms with Crippen molar-refractivity contribution < 1.29 is 13.2 Å². The minimum absolute atomic E-state index is 0.259. The third-order valence-electron chi connectivity index (χ3n) is 3.08. The highest BCUT2D eigenvalue weighted by Crippen LogP contribution is 2.29. The molecule has 1 aliphatic rings. The van der Waals surface area contributed by atoms with Crippen molar-refractivity contribution in [2.75, 3.05) is 24.5 Å². The first-order valence-electron chi connectivity index (χ1n) is 5.67. The minimum atomic E-state index is -3.30. The summed E-state index contributed by atoms with van der Waals surface area (Å²) in [6.07, 6.45) is 0.591. The molecule has 0 radical (unpaired) electrons. The molecule has 1 aromatic rings. The Morgan fingerprint density at radius 2 is 2.11 bits per heavy atom. The second-order valence-electron chi connectivity index (χ2n) is 4.13. The third-order valence-corrected chi connectivity index (χ3v) is 5.31. The molecule has 0 spiro atoms. The van der Waals surface area contributed by atoms with E-state index in [-0.39, 0.29) is 6.54 Å².